The molecule has 1 unspecified atom stereocenters. The second-order valence-electron chi connectivity index (χ2n) is 5.62. The second-order valence-corrected chi connectivity index (χ2v) is 5.62. The van der Waals surface area contributed by atoms with E-state index in [1.165, 1.54) is 0 Å². The zero-order valence-electron chi connectivity index (χ0n) is 13.2. The van der Waals surface area contributed by atoms with Crippen LogP contribution in [0.4, 0.5) is 0 Å². The molecule has 5 heteroatoms. The standard InChI is InChI=1S/C18H21N3O2/c1-23-16-6-4-14(5-7-16)11-18(22)21-10-9-20-13-17(21)15-3-2-8-19-12-15/h2-8,12,17,20H,9-11,13H2,1H3. The van der Waals surface area contributed by atoms with E-state index >= 15 is 0 Å². The molecule has 5 nitrogen and oxygen atoms in total. The fourth-order valence-electron chi connectivity index (χ4n) is 2.89. The Bertz CT molecular complexity index is 643. The molecule has 0 spiro atoms. The van der Waals surface area contributed by atoms with Gasteiger partial charge in [0.25, 0.3) is 0 Å². The van der Waals surface area contributed by atoms with Gasteiger partial charge in [-0.2, -0.15) is 0 Å². The van der Waals surface area contributed by atoms with Crippen molar-refractivity contribution in [2.45, 2.75) is 12.5 Å². The zero-order valence-corrected chi connectivity index (χ0v) is 13.2. The first-order valence-corrected chi connectivity index (χ1v) is 7.81. The summed E-state index contributed by atoms with van der Waals surface area (Å²) in [7, 11) is 1.64. The van der Waals surface area contributed by atoms with E-state index in [1.54, 1.807) is 13.3 Å². The van der Waals surface area contributed by atoms with Crippen LogP contribution >= 0.6 is 0 Å². The Morgan fingerprint density at radius 3 is 2.87 bits per heavy atom. The predicted octanol–water partition coefficient (Wildman–Crippen LogP) is 1.81. The van der Waals surface area contributed by atoms with E-state index in [9.17, 15) is 4.79 Å². The third-order valence-electron chi connectivity index (χ3n) is 4.15. The number of piperazine rings is 1. The highest BCUT2D eigenvalue weighted by Gasteiger charge is 2.27. The van der Waals surface area contributed by atoms with E-state index in [1.807, 2.05) is 47.5 Å². The number of nitrogens with one attached hydrogen (secondary N) is 1. The second kappa shape index (κ2) is 7.24. The molecule has 1 aromatic heterocycles. The van der Waals surface area contributed by atoms with E-state index in [0.717, 1.165) is 30.0 Å². The van der Waals surface area contributed by atoms with Crippen LogP contribution in [-0.4, -0.2) is 42.5 Å². The van der Waals surface area contributed by atoms with Gasteiger partial charge in [-0.15, -0.1) is 0 Å². The summed E-state index contributed by atoms with van der Waals surface area (Å²) in [6, 6.07) is 11.6. The van der Waals surface area contributed by atoms with Crippen molar-refractivity contribution in [3.63, 3.8) is 0 Å². The quantitative estimate of drug-likeness (QED) is 0.935. The first kappa shape index (κ1) is 15.5. The van der Waals surface area contributed by atoms with Crippen molar-refractivity contribution in [2.24, 2.45) is 0 Å². The summed E-state index contributed by atoms with van der Waals surface area (Å²) < 4.78 is 5.15. The number of pyridine rings is 1. The maximum atomic E-state index is 12.8. The van der Waals surface area contributed by atoms with E-state index in [2.05, 4.69) is 10.3 Å². The number of benzene rings is 1. The van der Waals surface area contributed by atoms with Crippen molar-refractivity contribution >= 4 is 5.91 Å². The van der Waals surface area contributed by atoms with Crippen molar-refractivity contribution in [3.8, 4) is 5.75 Å². The summed E-state index contributed by atoms with van der Waals surface area (Å²) in [6.07, 6.45) is 4.00. The highest BCUT2D eigenvalue weighted by molar-refractivity contribution is 5.79. The number of nitrogens with zero attached hydrogens (tertiary/aromatic N) is 2. The minimum Gasteiger partial charge on any atom is -0.497 e. The molecule has 3 rings (SSSR count). The average Bonchev–Trinajstić information content (AvgIpc) is 2.63. The van der Waals surface area contributed by atoms with Gasteiger partial charge < -0.3 is 15.0 Å². The van der Waals surface area contributed by atoms with Crippen LogP contribution in [0.3, 0.4) is 0 Å². The smallest absolute Gasteiger partial charge is 0.227 e. The molecule has 1 saturated heterocycles. The lowest BCUT2D eigenvalue weighted by Crippen LogP contribution is -2.49. The van der Waals surface area contributed by atoms with Crippen molar-refractivity contribution in [3.05, 3.63) is 59.9 Å². The van der Waals surface area contributed by atoms with Gasteiger partial charge in [-0.3, -0.25) is 9.78 Å². The van der Waals surface area contributed by atoms with Crippen LogP contribution < -0.4 is 10.1 Å². The Kier molecular flexibility index (Phi) is 4.88. The Morgan fingerprint density at radius 2 is 2.17 bits per heavy atom. The molecule has 0 bridgehead atoms. The molecule has 1 aliphatic heterocycles. The highest BCUT2D eigenvalue weighted by atomic mass is 16.5. The van der Waals surface area contributed by atoms with Crippen LogP contribution in [0.5, 0.6) is 5.75 Å². The summed E-state index contributed by atoms with van der Waals surface area (Å²) in [4.78, 5) is 18.9. The molecule has 120 valence electrons. The molecule has 1 N–H and O–H groups in total. The van der Waals surface area contributed by atoms with Crippen LogP contribution in [0.2, 0.25) is 0 Å². The first-order valence-electron chi connectivity index (χ1n) is 7.81. The molecule has 0 saturated carbocycles. The number of hydrogen-bond donors (Lipinski definition) is 1. The Morgan fingerprint density at radius 1 is 1.35 bits per heavy atom. The minimum atomic E-state index is 0.0446. The van der Waals surface area contributed by atoms with Gasteiger partial charge in [-0.25, -0.2) is 0 Å². The lowest BCUT2D eigenvalue weighted by Gasteiger charge is -2.36. The number of ether oxygens (including phenoxy) is 1. The molecule has 1 atom stereocenters. The summed E-state index contributed by atoms with van der Waals surface area (Å²) in [5, 5.41) is 3.36. The zero-order chi connectivity index (χ0) is 16.1. The summed E-state index contributed by atoms with van der Waals surface area (Å²) >= 11 is 0. The van der Waals surface area contributed by atoms with E-state index in [4.69, 9.17) is 4.74 Å². The van der Waals surface area contributed by atoms with Crippen molar-refractivity contribution in [1.29, 1.82) is 0 Å². The lowest BCUT2D eigenvalue weighted by atomic mass is 10.0. The van der Waals surface area contributed by atoms with E-state index < -0.39 is 0 Å². The molecule has 1 aromatic carbocycles. The van der Waals surface area contributed by atoms with Gasteiger partial charge in [-0.1, -0.05) is 18.2 Å². The molecule has 1 aliphatic rings. The van der Waals surface area contributed by atoms with Crippen molar-refractivity contribution in [2.75, 3.05) is 26.7 Å². The van der Waals surface area contributed by atoms with Gasteiger partial charge in [0.05, 0.1) is 19.6 Å². The molecule has 1 fully saturated rings. The van der Waals surface area contributed by atoms with E-state index in [-0.39, 0.29) is 11.9 Å². The van der Waals surface area contributed by atoms with Gasteiger partial charge >= 0.3 is 0 Å². The minimum absolute atomic E-state index is 0.0446. The van der Waals surface area contributed by atoms with Crippen LogP contribution in [0.25, 0.3) is 0 Å². The molecule has 2 heterocycles. The predicted molar refractivity (Wildman–Crippen MR) is 88.3 cm³/mol. The van der Waals surface area contributed by atoms with Gasteiger partial charge in [0.15, 0.2) is 0 Å². The molecule has 23 heavy (non-hydrogen) atoms. The van der Waals surface area contributed by atoms with Crippen molar-refractivity contribution < 1.29 is 9.53 Å². The average molecular weight is 311 g/mol. The number of carbonyl (C=O) groups is 1. The summed E-state index contributed by atoms with van der Waals surface area (Å²) in [5.74, 6) is 0.946. The molecular formula is C18H21N3O2. The highest BCUT2D eigenvalue weighted by Crippen LogP contribution is 2.22. The van der Waals surface area contributed by atoms with Gasteiger partial charge in [-0.05, 0) is 29.3 Å². The molecular weight excluding hydrogens is 290 g/mol. The topological polar surface area (TPSA) is 54.5 Å². The fourth-order valence-corrected chi connectivity index (χ4v) is 2.89. The number of carbonyl (C=O) groups excluding carboxylic acids is 1. The Hall–Kier alpha value is -2.40. The molecule has 2 aromatic rings. The Labute approximate surface area is 136 Å². The van der Waals surface area contributed by atoms with Crippen molar-refractivity contribution in [1.82, 2.24) is 15.2 Å². The van der Waals surface area contributed by atoms with Crippen LogP contribution in [-0.2, 0) is 11.2 Å². The lowest BCUT2D eigenvalue weighted by molar-refractivity contribution is -0.133. The monoisotopic (exact) mass is 311 g/mol. The number of aromatic nitrogens is 1. The molecule has 0 radical (unpaired) electrons. The van der Waals surface area contributed by atoms with Gasteiger partial charge in [0.2, 0.25) is 5.91 Å². The van der Waals surface area contributed by atoms with Gasteiger partial charge in [0.1, 0.15) is 5.75 Å². The number of hydrogen-bond acceptors (Lipinski definition) is 4. The first-order chi connectivity index (χ1) is 11.3. The van der Waals surface area contributed by atoms with Gasteiger partial charge in [0, 0.05) is 32.0 Å². The Balaban J connectivity index is 1.73. The van der Waals surface area contributed by atoms with Crippen LogP contribution in [0.15, 0.2) is 48.8 Å². The summed E-state index contributed by atoms with van der Waals surface area (Å²) in [6.45, 7) is 2.31. The van der Waals surface area contributed by atoms with Crippen LogP contribution in [0, 0.1) is 0 Å². The molecule has 1 amide bonds. The number of rotatable bonds is 4. The molecule has 0 aliphatic carbocycles. The van der Waals surface area contributed by atoms with E-state index in [0.29, 0.717) is 13.0 Å². The number of amides is 1. The third-order valence-corrected chi connectivity index (χ3v) is 4.15. The normalized spacial score (nSPS) is 17.8. The number of methoxy groups -OCH3 is 1. The largest absolute Gasteiger partial charge is 0.497 e. The SMILES string of the molecule is COc1ccc(CC(=O)N2CCNCC2c2cccnc2)cc1. The van der Waals surface area contributed by atoms with Crippen LogP contribution in [0.1, 0.15) is 17.2 Å². The fraction of sp³-hybridized carbons (Fsp3) is 0.333. The third kappa shape index (κ3) is 3.68. The summed E-state index contributed by atoms with van der Waals surface area (Å²) in [5.41, 5.74) is 2.07. The maximum absolute atomic E-state index is 12.8. The maximum Gasteiger partial charge on any atom is 0.227 e.